The lowest BCUT2D eigenvalue weighted by molar-refractivity contribution is -0.384. The highest BCUT2D eigenvalue weighted by Crippen LogP contribution is 2.36. The minimum absolute atomic E-state index is 0.0125. The molecule has 4 nitrogen and oxygen atoms in total. The quantitative estimate of drug-likeness (QED) is 0.641. The Kier molecular flexibility index (Phi) is 3.05. The van der Waals surface area contributed by atoms with Gasteiger partial charge in [-0.1, -0.05) is 25.0 Å². The molecule has 1 saturated carbocycles. The molecular formula is C13H18N2O2. The molecule has 0 bridgehead atoms. The summed E-state index contributed by atoms with van der Waals surface area (Å²) in [6, 6.07) is 5.44. The number of para-hydroxylation sites is 1. The first kappa shape index (κ1) is 11.9. The number of nitro groups is 1. The average Bonchev–Trinajstić information content (AvgIpc) is 2.64. The van der Waals surface area contributed by atoms with Crippen molar-refractivity contribution < 1.29 is 4.92 Å². The van der Waals surface area contributed by atoms with E-state index in [4.69, 9.17) is 0 Å². The van der Waals surface area contributed by atoms with Crippen LogP contribution in [0.25, 0.3) is 0 Å². The topological polar surface area (TPSA) is 55.2 Å². The molecule has 0 aliphatic heterocycles. The van der Waals surface area contributed by atoms with Gasteiger partial charge in [0.15, 0.2) is 0 Å². The van der Waals surface area contributed by atoms with Gasteiger partial charge in [-0.15, -0.1) is 0 Å². The summed E-state index contributed by atoms with van der Waals surface area (Å²) in [4.78, 5) is 10.8. The van der Waals surface area contributed by atoms with E-state index < -0.39 is 0 Å². The summed E-state index contributed by atoms with van der Waals surface area (Å²) in [6.45, 7) is 3.92. The normalized spacial score (nSPS) is 18.0. The second-order valence-corrected chi connectivity index (χ2v) is 5.12. The molecule has 17 heavy (non-hydrogen) atoms. The van der Waals surface area contributed by atoms with Gasteiger partial charge < -0.3 is 5.32 Å². The number of anilines is 1. The summed E-state index contributed by atoms with van der Waals surface area (Å²) >= 11 is 0. The van der Waals surface area contributed by atoms with Crippen LogP contribution in [-0.4, -0.2) is 10.5 Å². The lowest BCUT2D eigenvalue weighted by Gasteiger charge is -2.26. The molecule has 1 fully saturated rings. The molecule has 0 spiro atoms. The van der Waals surface area contributed by atoms with E-state index in [0.717, 1.165) is 12.8 Å². The molecule has 1 aliphatic rings. The zero-order valence-electron chi connectivity index (χ0n) is 10.3. The molecule has 2 rings (SSSR count). The third-order valence-corrected chi connectivity index (χ3v) is 3.56. The fraction of sp³-hybridized carbons (Fsp3) is 0.538. The molecule has 1 aliphatic carbocycles. The molecule has 0 radical (unpaired) electrons. The first-order valence-electron chi connectivity index (χ1n) is 6.04. The first-order valence-corrected chi connectivity index (χ1v) is 6.04. The summed E-state index contributed by atoms with van der Waals surface area (Å²) in [6.07, 6.45) is 4.56. The van der Waals surface area contributed by atoms with Crippen molar-refractivity contribution in [2.75, 3.05) is 5.32 Å². The van der Waals surface area contributed by atoms with Crippen LogP contribution in [0.15, 0.2) is 18.2 Å². The largest absolute Gasteiger partial charge is 0.374 e. The van der Waals surface area contributed by atoms with Crippen molar-refractivity contribution in [2.45, 2.75) is 45.1 Å². The molecule has 4 heteroatoms. The number of nitro benzene ring substituents is 1. The van der Waals surface area contributed by atoms with Crippen molar-refractivity contribution >= 4 is 11.4 Å². The molecule has 0 aromatic heterocycles. The van der Waals surface area contributed by atoms with Crippen molar-refractivity contribution in [2.24, 2.45) is 0 Å². The summed E-state index contributed by atoms with van der Waals surface area (Å²) in [5.41, 5.74) is 1.58. The van der Waals surface area contributed by atoms with Crippen LogP contribution in [0.5, 0.6) is 0 Å². The van der Waals surface area contributed by atoms with Crippen LogP contribution in [0.2, 0.25) is 0 Å². The fourth-order valence-electron chi connectivity index (χ4n) is 2.61. The first-order chi connectivity index (χ1) is 8.02. The smallest absolute Gasteiger partial charge is 0.295 e. The number of hydrogen-bond donors (Lipinski definition) is 1. The molecule has 0 amide bonds. The van der Waals surface area contributed by atoms with Gasteiger partial charge in [0, 0.05) is 11.1 Å². The standard InChI is InChI=1S/C13H18N2O2/c1-10-6-5-7-11(12(10)15(16)17)14-13(2)8-3-4-9-13/h5-7,14H,3-4,8-9H2,1-2H3. The third-order valence-electron chi connectivity index (χ3n) is 3.56. The van der Waals surface area contributed by atoms with Crippen LogP contribution in [0.4, 0.5) is 11.4 Å². The highest BCUT2D eigenvalue weighted by Gasteiger charge is 2.30. The van der Waals surface area contributed by atoms with Gasteiger partial charge >= 0.3 is 0 Å². The zero-order valence-corrected chi connectivity index (χ0v) is 10.3. The summed E-state index contributed by atoms with van der Waals surface area (Å²) in [7, 11) is 0. The highest BCUT2D eigenvalue weighted by atomic mass is 16.6. The lowest BCUT2D eigenvalue weighted by atomic mass is 9.99. The molecule has 0 saturated heterocycles. The Hall–Kier alpha value is -1.58. The van der Waals surface area contributed by atoms with E-state index in [9.17, 15) is 10.1 Å². The molecule has 0 atom stereocenters. The third kappa shape index (κ3) is 2.40. The maximum absolute atomic E-state index is 11.1. The summed E-state index contributed by atoms with van der Waals surface area (Å²) in [5, 5.41) is 14.5. The van der Waals surface area contributed by atoms with E-state index in [1.807, 2.05) is 6.07 Å². The predicted molar refractivity (Wildman–Crippen MR) is 68.3 cm³/mol. The van der Waals surface area contributed by atoms with Gasteiger partial charge in [0.25, 0.3) is 5.69 Å². The Balaban J connectivity index is 2.32. The SMILES string of the molecule is Cc1cccc(NC2(C)CCCC2)c1[N+](=O)[O-]. The number of rotatable bonds is 3. The lowest BCUT2D eigenvalue weighted by Crippen LogP contribution is -2.31. The van der Waals surface area contributed by atoms with Crippen molar-refractivity contribution in [3.63, 3.8) is 0 Å². The number of nitrogens with zero attached hydrogens (tertiary/aromatic N) is 1. The van der Waals surface area contributed by atoms with E-state index in [-0.39, 0.29) is 16.1 Å². The Morgan fingerprint density at radius 1 is 1.35 bits per heavy atom. The number of aryl methyl sites for hydroxylation is 1. The maximum atomic E-state index is 11.1. The minimum Gasteiger partial charge on any atom is -0.374 e. The number of benzene rings is 1. The summed E-state index contributed by atoms with van der Waals surface area (Å²) < 4.78 is 0. The van der Waals surface area contributed by atoms with Gasteiger partial charge in [0.1, 0.15) is 5.69 Å². The van der Waals surface area contributed by atoms with E-state index in [2.05, 4.69) is 12.2 Å². The van der Waals surface area contributed by atoms with Crippen LogP contribution in [-0.2, 0) is 0 Å². The van der Waals surface area contributed by atoms with Gasteiger partial charge in [-0.3, -0.25) is 10.1 Å². The maximum Gasteiger partial charge on any atom is 0.295 e. The number of nitrogens with one attached hydrogen (secondary N) is 1. The highest BCUT2D eigenvalue weighted by molar-refractivity contribution is 5.66. The van der Waals surface area contributed by atoms with E-state index >= 15 is 0 Å². The molecule has 0 heterocycles. The minimum atomic E-state index is -0.296. The number of hydrogen-bond acceptors (Lipinski definition) is 3. The van der Waals surface area contributed by atoms with E-state index in [0.29, 0.717) is 11.3 Å². The Morgan fingerprint density at radius 3 is 2.59 bits per heavy atom. The van der Waals surface area contributed by atoms with Crippen LogP contribution in [0.3, 0.4) is 0 Å². The van der Waals surface area contributed by atoms with Crippen LogP contribution < -0.4 is 5.32 Å². The Morgan fingerprint density at radius 2 is 2.00 bits per heavy atom. The second-order valence-electron chi connectivity index (χ2n) is 5.12. The molecule has 0 unspecified atom stereocenters. The van der Waals surface area contributed by atoms with Crippen molar-refractivity contribution in [3.05, 3.63) is 33.9 Å². The van der Waals surface area contributed by atoms with Crippen LogP contribution in [0, 0.1) is 17.0 Å². The van der Waals surface area contributed by atoms with Gasteiger partial charge in [0.2, 0.25) is 0 Å². The molecule has 92 valence electrons. The van der Waals surface area contributed by atoms with Crippen LogP contribution >= 0.6 is 0 Å². The van der Waals surface area contributed by atoms with Crippen molar-refractivity contribution in [1.29, 1.82) is 0 Å². The van der Waals surface area contributed by atoms with Gasteiger partial charge in [-0.2, -0.15) is 0 Å². The van der Waals surface area contributed by atoms with E-state index in [1.54, 1.807) is 19.1 Å². The van der Waals surface area contributed by atoms with Gasteiger partial charge in [-0.05, 0) is 32.8 Å². The molecule has 1 N–H and O–H groups in total. The monoisotopic (exact) mass is 234 g/mol. The molecular weight excluding hydrogens is 216 g/mol. The van der Waals surface area contributed by atoms with Crippen molar-refractivity contribution in [1.82, 2.24) is 0 Å². The second kappa shape index (κ2) is 4.35. The van der Waals surface area contributed by atoms with Crippen molar-refractivity contribution in [3.8, 4) is 0 Å². The molecule has 1 aromatic carbocycles. The summed E-state index contributed by atoms with van der Waals surface area (Å²) in [5.74, 6) is 0. The Bertz CT molecular complexity index is 437. The zero-order chi connectivity index (χ0) is 12.5. The molecule has 1 aromatic rings. The average molecular weight is 234 g/mol. The van der Waals surface area contributed by atoms with Gasteiger partial charge in [-0.25, -0.2) is 0 Å². The van der Waals surface area contributed by atoms with Gasteiger partial charge in [0.05, 0.1) is 4.92 Å². The Labute approximate surface area is 101 Å². The van der Waals surface area contributed by atoms with Crippen LogP contribution in [0.1, 0.15) is 38.2 Å². The van der Waals surface area contributed by atoms with E-state index in [1.165, 1.54) is 12.8 Å². The fourth-order valence-corrected chi connectivity index (χ4v) is 2.61. The predicted octanol–water partition coefficient (Wildman–Crippen LogP) is 3.65.